The van der Waals surface area contributed by atoms with Gasteiger partial charge in [0.25, 0.3) is 0 Å². The molecule has 0 saturated heterocycles. The van der Waals surface area contributed by atoms with Gasteiger partial charge in [0, 0.05) is 11.6 Å². The Bertz CT molecular complexity index is 753. The van der Waals surface area contributed by atoms with Gasteiger partial charge < -0.3 is 10.6 Å². The molecule has 0 saturated carbocycles. The van der Waals surface area contributed by atoms with Crippen molar-refractivity contribution in [2.75, 3.05) is 0 Å². The molecule has 24 heavy (non-hydrogen) atoms. The Labute approximate surface area is 148 Å². The lowest BCUT2D eigenvalue weighted by molar-refractivity contribution is 0.229. The normalized spacial score (nSPS) is 11.0. The number of hydrogen-bond acceptors (Lipinski definition) is 1. The Morgan fingerprint density at radius 2 is 1.88 bits per heavy atom. The Kier molecular flexibility index (Phi) is 5.68. The van der Waals surface area contributed by atoms with Crippen LogP contribution in [0.1, 0.15) is 37.5 Å². The topological polar surface area (TPSA) is 41.1 Å². The van der Waals surface area contributed by atoms with E-state index in [1.165, 1.54) is 0 Å². The lowest BCUT2D eigenvalue weighted by atomic mass is 9.92. The van der Waals surface area contributed by atoms with Crippen LogP contribution < -0.4 is 10.6 Å². The predicted octanol–water partition coefficient (Wildman–Crippen LogP) is 5.11. The van der Waals surface area contributed by atoms with Crippen molar-refractivity contribution >= 4 is 23.2 Å². The number of urea groups is 1. The molecule has 0 fully saturated rings. The molecule has 0 bridgehead atoms. The maximum absolute atomic E-state index is 12.2. The highest BCUT2D eigenvalue weighted by Gasteiger charge is 2.23. The maximum atomic E-state index is 12.2. The molecule has 0 spiro atoms. The van der Waals surface area contributed by atoms with Crippen LogP contribution in [0, 0.1) is 0 Å². The molecule has 0 aliphatic rings. The molecular weight excluding hydrogens is 320 g/mol. The van der Waals surface area contributed by atoms with Crippen LogP contribution in [0.4, 0.5) is 4.79 Å². The first-order chi connectivity index (χ1) is 11.3. The summed E-state index contributed by atoms with van der Waals surface area (Å²) in [6.45, 7) is 10.3. The molecule has 0 aliphatic heterocycles. The van der Waals surface area contributed by atoms with Crippen LogP contribution in [-0.4, -0.2) is 6.03 Å². The smallest absolute Gasteiger partial charge is 0.315 e. The molecule has 0 radical (unpaired) electrons. The number of halogens is 1. The predicted molar refractivity (Wildman–Crippen MR) is 101 cm³/mol. The number of hydrogen-bond donors (Lipinski definition) is 2. The third-order valence-corrected chi connectivity index (χ3v) is 4.08. The van der Waals surface area contributed by atoms with Gasteiger partial charge in [-0.25, -0.2) is 4.79 Å². The Balaban J connectivity index is 2.01. The average Bonchev–Trinajstić information content (AvgIpc) is 2.53. The minimum atomic E-state index is -0.496. The van der Waals surface area contributed by atoms with E-state index < -0.39 is 5.54 Å². The highest BCUT2D eigenvalue weighted by Crippen LogP contribution is 2.23. The van der Waals surface area contributed by atoms with Crippen LogP contribution in [0.3, 0.4) is 0 Å². The summed E-state index contributed by atoms with van der Waals surface area (Å²) in [6.07, 6.45) is 0. The van der Waals surface area contributed by atoms with Crippen LogP contribution >= 0.6 is 11.6 Å². The zero-order chi connectivity index (χ0) is 17.7. The van der Waals surface area contributed by atoms with E-state index in [-0.39, 0.29) is 6.03 Å². The fourth-order valence-corrected chi connectivity index (χ4v) is 2.62. The molecule has 2 rings (SSSR count). The van der Waals surface area contributed by atoms with Gasteiger partial charge in [0.15, 0.2) is 0 Å². The van der Waals surface area contributed by atoms with Gasteiger partial charge in [-0.05, 0) is 55.7 Å². The van der Waals surface area contributed by atoms with E-state index in [2.05, 4.69) is 23.3 Å². The molecule has 0 atom stereocenters. The van der Waals surface area contributed by atoms with Gasteiger partial charge in [0.1, 0.15) is 0 Å². The van der Waals surface area contributed by atoms with Crippen molar-refractivity contribution in [3.05, 3.63) is 76.8 Å². The summed E-state index contributed by atoms with van der Waals surface area (Å²) in [5.74, 6) is 0. The van der Waals surface area contributed by atoms with E-state index in [0.717, 1.165) is 22.3 Å². The average molecular weight is 343 g/mol. The number of benzene rings is 2. The summed E-state index contributed by atoms with van der Waals surface area (Å²) >= 11 is 5.95. The second kappa shape index (κ2) is 7.54. The van der Waals surface area contributed by atoms with E-state index >= 15 is 0 Å². The van der Waals surface area contributed by atoms with Gasteiger partial charge >= 0.3 is 6.03 Å². The third-order valence-electron chi connectivity index (χ3n) is 3.85. The van der Waals surface area contributed by atoms with Crippen molar-refractivity contribution in [3.8, 4) is 0 Å². The second-order valence-electron chi connectivity index (χ2n) is 6.42. The number of allylic oxidation sites excluding steroid dienone is 1. The van der Waals surface area contributed by atoms with Crippen LogP contribution in [0.25, 0.3) is 5.57 Å². The van der Waals surface area contributed by atoms with Crippen molar-refractivity contribution in [1.29, 1.82) is 0 Å². The number of amides is 2. The molecule has 0 aromatic heterocycles. The first-order valence-electron chi connectivity index (χ1n) is 7.85. The summed E-state index contributed by atoms with van der Waals surface area (Å²) in [4.78, 5) is 12.2. The standard InChI is InChI=1S/C20H23ClN2O/c1-14(2)16-8-6-9-17(12-16)20(3,4)23-19(24)22-13-15-7-5-10-18(21)11-15/h5-12H,1,13H2,2-4H3,(H2,22,23,24). The summed E-state index contributed by atoms with van der Waals surface area (Å²) < 4.78 is 0. The fraction of sp³-hybridized carbons (Fsp3) is 0.250. The molecule has 0 heterocycles. The van der Waals surface area contributed by atoms with Crippen LogP contribution in [0.15, 0.2) is 55.1 Å². The Morgan fingerprint density at radius 1 is 1.17 bits per heavy atom. The molecule has 2 amide bonds. The number of nitrogens with one attached hydrogen (secondary N) is 2. The van der Waals surface area contributed by atoms with E-state index in [1.807, 2.05) is 63.2 Å². The van der Waals surface area contributed by atoms with E-state index in [0.29, 0.717) is 11.6 Å². The van der Waals surface area contributed by atoms with Gasteiger partial charge in [0.05, 0.1) is 5.54 Å². The lowest BCUT2D eigenvalue weighted by Gasteiger charge is -2.27. The highest BCUT2D eigenvalue weighted by atomic mass is 35.5. The van der Waals surface area contributed by atoms with E-state index in [9.17, 15) is 4.79 Å². The van der Waals surface area contributed by atoms with Gasteiger partial charge in [-0.1, -0.05) is 54.1 Å². The first-order valence-corrected chi connectivity index (χ1v) is 8.22. The highest BCUT2D eigenvalue weighted by molar-refractivity contribution is 6.30. The molecule has 126 valence electrons. The Morgan fingerprint density at radius 3 is 2.54 bits per heavy atom. The molecule has 4 heteroatoms. The molecule has 2 aromatic rings. The third kappa shape index (κ3) is 4.87. The molecule has 3 nitrogen and oxygen atoms in total. The summed E-state index contributed by atoms with van der Waals surface area (Å²) in [6, 6.07) is 15.3. The van der Waals surface area contributed by atoms with Crippen molar-refractivity contribution in [3.63, 3.8) is 0 Å². The molecule has 0 aliphatic carbocycles. The zero-order valence-corrected chi connectivity index (χ0v) is 15.1. The summed E-state index contributed by atoms with van der Waals surface area (Å²) in [5.41, 5.74) is 3.56. The first kappa shape index (κ1) is 18.1. The lowest BCUT2D eigenvalue weighted by Crippen LogP contribution is -2.46. The van der Waals surface area contributed by atoms with Crippen molar-refractivity contribution in [2.24, 2.45) is 0 Å². The van der Waals surface area contributed by atoms with E-state index in [1.54, 1.807) is 0 Å². The summed E-state index contributed by atoms with van der Waals surface area (Å²) in [7, 11) is 0. The van der Waals surface area contributed by atoms with Crippen molar-refractivity contribution in [1.82, 2.24) is 10.6 Å². The van der Waals surface area contributed by atoms with E-state index in [4.69, 9.17) is 11.6 Å². The zero-order valence-electron chi connectivity index (χ0n) is 14.3. The fourth-order valence-electron chi connectivity index (χ4n) is 2.40. The quantitative estimate of drug-likeness (QED) is 0.779. The molecule has 2 N–H and O–H groups in total. The Hall–Kier alpha value is -2.26. The van der Waals surface area contributed by atoms with Gasteiger partial charge in [-0.3, -0.25) is 0 Å². The largest absolute Gasteiger partial charge is 0.334 e. The van der Waals surface area contributed by atoms with Crippen LogP contribution in [0.5, 0.6) is 0 Å². The SMILES string of the molecule is C=C(C)c1cccc(C(C)(C)NC(=O)NCc2cccc(Cl)c2)c1. The molecule has 0 unspecified atom stereocenters. The van der Waals surface area contributed by atoms with Gasteiger partial charge in [-0.15, -0.1) is 0 Å². The number of rotatable bonds is 5. The minimum Gasteiger partial charge on any atom is -0.334 e. The van der Waals surface area contributed by atoms with Crippen LogP contribution in [-0.2, 0) is 12.1 Å². The molecule has 2 aromatic carbocycles. The summed E-state index contributed by atoms with van der Waals surface area (Å²) in [5, 5.41) is 6.53. The number of carbonyl (C=O) groups is 1. The van der Waals surface area contributed by atoms with Crippen molar-refractivity contribution in [2.45, 2.75) is 32.9 Å². The van der Waals surface area contributed by atoms with Crippen molar-refractivity contribution < 1.29 is 4.79 Å². The van der Waals surface area contributed by atoms with Crippen LogP contribution in [0.2, 0.25) is 5.02 Å². The monoisotopic (exact) mass is 342 g/mol. The maximum Gasteiger partial charge on any atom is 0.315 e. The van der Waals surface area contributed by atoms with Gasteiger partial charge in [-0.2, -0.15) is 0 Å². The second-order valence-corrected chi connectivity index (χ2v) is 6.86. The number of carbonyl (C=O) groups excluding carboxylic acids is 1. The minimum absolute atomic E-state index is 0.222. The van der Waals surface area contributed by atoms with Gasteiger partial charge in [0.2, 0.25) is 0 Å². The molecular formula is C20H23ClN2O.